The number of carbonyl (C=O) groups is 1. The number of phenols is 1. The van der Waals surface area contributed by atoms with Crippen molar-refractivity contribution in [3.05, 3.63) is 17.2 Å². The molecule has 0 radical (unpaired) electrons. The van der Waals surface area contributed by atoms with Gasteiger partial charge in [0.15, 0.2) is 11.5 Å². The van der Waals surface area contributed by atoms with Crippen molar-refractivity contribution in [3.63, 3.8) is 0 Å². The topological polar surface area (TPSA) is 89.8 Å². The van der Waals surface area contributed by atoms with E-state index in [0.29, 0.717) is 18.4 Å². The molecule has 1 aromatic carbocycles. The number of benzene rings is 1. The van der Waals surface area contributed by atoms with Crippen LogP contribution in [0.3, 0.4) is 0 Å². The Balaban J connectivity index is 2.59. The van der Waals surface area contributed by atoms with Crippen molar-refractivity contribution in [1.29, 1.82) is 0 Å². The van der Waals surface area contributed by atoms with E-state index in [1.165, 1.54) is 6.07 Å². The summed E-state index contributed by atoms with van der Waals surface area (Å²) in [5, 5.41) is 30.1. The molecular formula is C12H13O5-. The van der Waals surface area contributed by atoms with E-state index >= 15 is 0 Å². The molecule has 0 amide bonds. The van der Waals surface area contributed by atoms with Gasteiger partial charge >= 0.3 is 5.97 Å². The van der Waals surface area contributed by atoms with Crippen molar-refractivity contribution in [2.24, 2.45) is 0 Å². The number of carboxylic acid groups (broad SMARTS) is 1. The van der Waals surface area contributed by atoms with Crippen LogP contribution in [0.5, 0.6) is 17.2 Å². The summed E-state index contributed by atoms with van der Waals surface area (Å²) in [6, 6.07) is 1.29. The van der Waals surface area contributed by atoms with Gasteiger partial charge in [-0.3, -0.25) is 0 Å². The molecule has 1 aliphatic rings. The normalized spacial score (nSPS) is 17.1. The Bertz CT molecular complexity index is 490. The van der Waals surface area contributed by atoms with E-state index in [9.17, 15) is 15.0 Å². The number of phenolic OH excluding ortho intramolecular Hbond substituents is 1. The fourth-order valence-electron chi connectivity index (χ4n) is 1.91. The molecule has 0 spiro atoms. The van der Waals surface area contributed by atoms with Gasteiger partial charge in [0.2, 0.25) is 0 Å². The first-order valence-corrected chi connectivity index (χ1v) is 5.30. The Hall–Kier alpha value is -1.91. The van der Waals surface area contributed by atoms with Gasteiger partial charge in [-0.2, -0.15) is 0 Å². The van der Waals surface area contributed by atoms with Gasteiger partial charge in [0.05, 0.1) is 5.56 Å². The average Bonchev–Trinajstić information content (AvgIpc) is 2.23. The smallest absolute Gasteiger partial charge is 0.335 e. The maximum Gasteiger partial charge on any atom is 0.335 e. The molecule has 0 atom stereocenters. The Morgan fingerprint density at radius 1 is 1.53 bits per heavy atom. The third-order valence-corrected chi connectivity index (χ3v) is 2.89. The highest BCUT2D eigenvalue weighted by molar-refractivity contribution is 5.92. The lowest BCUT2D eigenvalue weighted by molar-refractivity contribution is -0.270. The number of carboxylic acids is 1. The van der Waals surface area contributed by atoms with Crippen molar-refractivity contribution in [1.82, 2.24) is 0 Å². The SMILES string of the molecule is CC1(C)CCc2cc(C(=O)O)c([O-])c(O)c2O1. The fourth-order valence-corrected chi connectivity index (χ4v) is 1.91. The number of hydrogen-bond acceptors (Lipinski definition) is 4. The predicted molar refractivity (Wildman–Crippen MR) is 57.5 cm³/mol. The Labute approximate surface area is 98.3 Å². The zero-order valence-electron chi connectivity index (χ0n) is 9.61. The van der Waals surface area contributed by atoms with Gasteiger partial charge in [0, 0.05) is 0 Å². The first-order valence-electron chi connectivity index (χ1n) is 5.30. The predicted octanol–water partition coefficient (Wildman–Crippen LogP) is 1.27. The zero-order valence-corrected chi connectivity index (χ0v) is 9.61. The Morgan fingerprint density at radius 3 is 2.76 bits per heavy atom. The molecule has 92 valence electrons. The molecule has 2 N–H and O–H groups in total. The van der Waals surface area contributed by atoms with Crippen molar-refractivity contribution in [2.75, 3.05) is 0 Å². The van der Waals surface area contributed by atoms with E-state index in [1.807, 2.05) is 13.8 Å². The molecule has 0 fully saturated rings. The van der Waals surface area contributed by atoms with E-state index in [0.717, 1.165) is 0 Å². The number of aromatic carboxylic acids is 1. The lowest BCUT2D eigenvalue weighted by Crippen LogP contribution is -2.32. The van der Waals surface area contributed by atoms with Crippen LogP contribution in [0.25, 0.3) is 0 Å². The minimum Gasteiger partial charge on any atom is -0.869 e. The summed E-state index contributed by atoms with van der Waals surface area (Å²) in [4.78, 5) is 10.8. The van der Waals surface area contributed by atoms with Gasteiger partial charge in [-0.05, 0) is 44.1 Å². The van der Waals surface area contributed by atoms with Crippen LogP contribution in [0.4, 0.5) is 0 Å². The molecule has 5 heteroatoms. The molecule has 0 saturated carbocycles. The van der Waals surface area contributed by atoms with Crippen LogP contribution in [0.2, 0.25) is 0 Å². The minimum atomic E-state index is -1.34. The molecule has 2 rings (SSSR count). The number of ether oxygens (including phenoxy) is 1. The summed E-state index contributed by atoms with van der Waals surface area (Å²) in [5.74, 6) is -2.71. The van der Waals surface area contributed by atoms with Crippen molar-refractivity contribution >= 4 is 5.97 Å². The standard InChI is InChI=1S/C12H14O5/c1-12(2)4-3-6-5-7(11(15)16)8(13)9(14)10(6)17-12/h5,13-14H,3-4H2,1-2H3,(H,15,16)/p-1. The van der Waals surface area contributed by atoms with E-state index in [4.69, 9.17) is 9.84 Å². The summed E-state index contributed by atoms with van der Waals surface area (Å²) in [6.45, 7) is 3.70. The van der Waals surface area contributed by atoms with Gasteiger partial charge < -0.3 is 20.1 Å². The monoisotopic (exact) mass is 237 g/mol. The summed E-state index contributed by atoms with van der Waals surface area (Å²) in [5.41, 5.74) is -0.301. The molecule has 0 aliphatic carbocycles. The molecule has 0 unspecified atom stereocenters. The molecule has 5 nitrogen and oxygen atoms in total. The maximum atomic E-state index is 11.6. The van der Waals surface area contributed by atoms with Gasteiger partial charge in [-0.15, -0.1) is 0 Å². The highest BCUT2D eigenvalue weighted by atomic mass is 16.5. The first kappa shape index (κ1) is 11.6. The second-order valence-electron chi connectivity index (χ2n) is 4.76. The van der Waals surface area contributed by atoms with Crippen LogP contribution in [0.1, 0.15) is 36.2 Å². The van der Waals surface area contributed by atoms with Gasteiger partial charge in [0.25, 0.3) is 0 Å². The third-order valence-electron chi connectivity index (χ3n) is 2.89. The van der Waals surface area contributed by atoms with Gasteiger partial charge in [-0.25, -0.2) is 4.79 Å². The van der Waals surface area contributed by atoms with Crippen molar-refractivity contribution < 1.29 is 24.9 Å². The highest BCUT2D eigenvalue weighted by Crippen LogP contribution is 2.45. The third kappa shape index (κ3) is 1.88. The summed E-state index contributed by atoms with van der Waals surface area (Å²) in [6.07, 6.45) is 1.28. The Morgan fingerprint density at radius 2 is 2.18 bits per heavy atom. The molecule has 1 aromatic rings. The molecule has 0 aromatic heterocycles. The van der Waals surface area contributed by atoms with E-state index < -0.39 is 28.6 Å². The van der Waals surface area contributed by atoms with E-state index in [1.54, 1.807) is 0 Å². The molecule has 0 saturated heterocycles. The van der Waals surface area contributed by atoms with E-state index in [-0.39, 0.29) is 5.75 Å². The largest absolute Gasteiger partial charge is 0.869 e. The van der Waals surface area contributed by atoms with Crippen LogP contribution < -0.4 is 9.84 Å². The lowest BCUT2D eigenvalue weighted by atomic mass is 9.92. The first-order chi connectivity index (χ1) is 7.82. The molecule has 17 heavy (non-hydrogen) atoms. The summed E-state index contributed by atoms with van der Waals surface area (Å²) in [7, 11) is 0. The Kier molecular flexibility index (Phi) is 2.41. The number of hydrogen-bond donors (Lipinski definition) is 2. The number of rotatable bonds is 1. The van der Waals surface area contributed by atoms with Crippen LogP contribution in [-0.2, 0) is 6.42 Å². The van der Waals surface area contributed by atoms with Crippen LogP contribution in [-0.4, -0.2) is 21.8 Å². The molecule has 0 bridgehead atoms. The maximum absolute atomic E-state index is 11.6. The van der Waals surface area contributed by atoms with Crippen molar-refractivity contribution in [2.45, 2.75) is 32.3 Å². The molecule has 1 heterocycles. The number of aromatic hydroxyl groups is 1. The van der Waals surface area contributed by atoms with Crippen molar-refractivity contribution in [3.8, 4) is 17.2 Å². The van der Waals surface area contributed by atoms with Gasteiger partial charge in [0.1, 0.15) is 5.60 Å². The second-order valence-corrected chi connectivity index (χ2v) is 4.76. The van der Waals surface area contributed by atoms with Gasteiger partial charge in [-0.1, -0.05) is 0 Å². The zero-order chi connectivity index (χ0) is 12.8. The highest BCUT2D eigenvalue weighted by Gasteiger charge is 2.30. The van der Waals surface area contributed by atoms with Crippen LogP contribution >= 0.6 is 0 Å². The lowest BCUT2D eigenvalue weighted by Gasteiger charge is -2.34. The summed E-state index contributed by atoms with van der Waals surface area (Å²) < 4.78 is 5.52. The average molecular weight is 237 g/mol. The molecular weight excluding hydrogens is 224 g/mol. The van der Waals surface area contributed by atoms with Crippen LogP contribution in [0.15, 0.2) is 6.07 Å². The quantitative estimate of drug-likeness (QED) is 0.767. The number of aryl methyl sites for hydroxylation is 1. The molecule has 1 aliphatic heterocycles. The minimum absolute atomic E-state index is 0.122. The van der Waals surface area contributed by atoms with E-state index in [2.05, 4.69) is 0 Å². The van der Waals surface area contributed by atoms with Crippen LogP contribution in [0, 0.1) is 0 Å². The number of fused-ring (bicyclic) bond motifs is 1. The second kappa shape index (κ2) is 3.55. The summed E-state index contributed by atoms with van der Waals surface area (Å²) >= 11 is 0. The fraction of sp³-hybridized carbons (Fsp3) is 0.417.